The van der Waals surface area contributed by atoms with Gasteiger partial charge in [0, 0.05) is 17.6 Å². The maximum Gasteiger partial charge on any atom is 0.343 e. The standard InChI is InChI=1S/C16H18O5/c1-3-5-13-11(8-9-17)12-6-4-7-14(16(12)21-13)20-10-15(18)19-2/h3-7,17H,8-10H2,1-2H3. The highest BCUT2D eigenvalue weighted by Crippen LogP contribution is 2.33. The number of furan rings is 1. The predicted octanol–water partition coefficient (Wildman–Crippen LogP) is 2.55. The van der Waals surface area contributed by atoms with E-state index in [1.165, 1.54) is 7.11 Å². The number of hydrogen-bond acceptors (Lipinski definition) is 5. The summed E-state index contributed by atoms with van der Waals surface area (Å²) in [6, 6.07) is 5.46. The van der Waals surface area contributed by atoms with Crippen molar-refractivity contribution >= 4 is 23.0 Å². The molecule has 0 fully saturated rings. The Labute approximate surface area is 122 Å². The fourth-order valence-corrected chi connectivity index (χ4v) is 2.13. The molecule has 0 spiro atoms. The molecule has 5 heteroatoms. The van der Waals surface area contributed by atoms with Crippen molar-refractivity contribution < 1.29 is 23.8 Å². The first-order valence-electron chi connectivity index (χ1n) is 6.68. The van der Waals surface area contributed by atoms with Crippen molar-refractivity contribution in [3.8, 4) is 5.75 Å². The van der Waals surface area contributed by atoms with Crippen LogP contribution in [0.1, 0.15) is 18.2 Å². The van der Waals surface area contributed by atoms with Gasteiger partial charge in [-0.05, 0) is 25.5 Å². The van der Waals surface area contributed by atoms with Gasteiger partial charge in [0.15, 0.2) is 17.9 Å². The molecule has 1 heterocycles. The Morgan fingerprint density at radius 3 is 2.90 bits per heavy atom. The van der Waals surface area contributed by atoms with Crippen molar-refractivity contribution in [2.24, 2.45) is 0 Å². The van der Waals surface area contributed by atoms with Gasteiger partial charge in [0.05, 0.1) is 7.11 Å². The van der Waals surface area contributed by atoms with Crippen LogP contribution in [0.25, 0.3) is 17.0 Å². The molecule has 0 bridgehead atoms. The van der Waals surface area contributed by atoms with Gasteiger partial charge in [-0.25, -0.2) is 4.79 Å². The van der Waals surface area contributed by atoms with Crippen LogP contribution in [0.2, 0.25) is 0 Å². The Hall–Kier alpha value is -2.27. The topological polar surface area (TPSA) is 68.9 Å². The van der Waals surface area contributed by atoms with Gasteiger partial charge in [0.25, 0.3) is 0 Å². The van der Waals surface area contributed by atoms with Crippen molar-refractivity contribution in [2.45, 2.75) is 13.3 Å². The Bertz CT molecular complexity index is 654. The predicted molar refractivity (Wildman–Crippen MR) is 79.2 cm³/mol. The van der Waals surface area contributed by atoms with Gasteiger partial charge < -0.3 is 19.0 Å². The second kappa shape index (κ2) is 6.95. The number of carbonyl (C=O) groups is 1. The summed E-state index contributed by atoms with van der Waals surface area (Å²) < 4.78 is 15.8. The molecule has 112 valence electrons. The molecule has 1 aromatic heterocycles. The number of carbonyl (C=O) groups excluding carboxylic acids is 1. The minimum atomic E-state index is -0.456. The molecule has 2 rings (SSSR count). The van der Waals surface area contributed by atoms with Crippen molar-refractivity contribution in [3.63, 3.8) is 0 Å². The van der Waals surface area contributed by atoms with Gasteiger partial charge in [0.2, 0.25) is 0 Å². The zero-order chi connectivity index (χ0) is 15.2. The first kappa shape index (κ1) is 15.1. The third-order valence-electron chi connectivity index (χ3n) is 3.07. The summed E-state index contributed by atoms with van der Waals surface area (Å²) in [7, 11) is 1.31. The molecule has 0 aliphatic rings. The molecule has 0 atom stereocenters. The second-order valence-electron chi connectivity index (χ2n) is 4.42. The van der Waals surface area contributed by atoms with Crippen molar-refractivity contribution in [1.29, 1.82) is 0 Å². The number of fused-ring (bicyclic) bond motifs is 1. The fourth-order valence-electron chi connectivity index (χ4n) is 2.13. The lowest BCUT2D eigenvalue weighted by Crippen LogP contribution is -2.12. The Morgan fingerprint density at radius 2 is 2.24 bits per heavy atom. The van der Waals surface area contributed by atoms with Crippen LogP contribution in [-0.4, -0.2) is 31.4 Å². The van der Waals surface area contributed by atoms with Crippen LogP contribution < -0.4 is 4.74 Å². The maximum atomic E-state index is 11.2. The summed E-state index contributed by atoms with van der Waals surface area (Å²) in [5.41, 5.74) is 1.49. The molecule has 5 nitrogen and oxygen atoms in total. The number of ether oxygens (including phenoxy) is 2. The van der Waals surface area contributed by atoms with E-state index in [0.717, 1.165) is 10.9 Å². The smallest absolute Gasteiger partial charge is 0.343 e. The highest BCUT2D eigenvalue weighted by Gasteiger charge is 2.16. The van der Waals surface area contributed by atoms with Crippen molar-refractivity contribution in [1.82, 2.24) is 0 Å². The van der Waals surface area contributed by atoms with E-state index in [2.05, 4.69) is 4.74 Å². The molecule has 21 heavy (non-hydrogen) atoms. The van der Waals surface area contributed by atoms with Crippen LogP contribution in [0.3, 0.4) is 0 Å². The number of methoxy groups -OCH3 is 1. The largest absolute Gasteiger partial charge is 0.478 e. The summed E-state index contributed by atoms with van der Waals surface area (Å²) in [4.78, 5) is 11.2. The minimum Gasteiger partial charge on any atom is -0.478 e. The minimum absolute atomic E-state index is 0.0342. The molecule has 0 radical (unpaired) electrons. The monoisotopic (exact) mass is 290 g/mol. The van der Waals surface area contributed by atoms with E-state index < -0.39 is 5.97 Å². The Morgan fingerprint density at radius 1 is 1.43 bits per heavy atom. The lowest BCUT2D eigenvalue weighted by molar-refractivity contribution is -0.142. The van der Waals surface area contributed by atoms with E-state index in [4.69, 9.17) is 9.15 Å². The zero-order valence-electron chi connectivity index (χ0n) is 12.1. The summed E-state index contributed by atoms with van der Waals surface area (Å²) in [6.07, 6.45) is 4.20. The Balaban J connectivity index is 2.44. The highest BCUT2D eigenvalue weighted by molar-refractivity contribution is 5.89. The van der Waals surface area contributed by atoms with Gasteiger partial charge in [0.1, 0.15) is 5.76 Å². The molecule has 2 aromatic rings. The number of allylic oxidation sites excluding steroid dienone is 1. The first-order valence-corrected chi connectivity index (χ1v) is 6.68. The molecule has 0 saturated carbocycles. The number of aliphatic hydroxyl groups excluding tert-OH is 1. The second-order valence-corrected chi connectivity index (χ2v) is 4.42. The molecule has 1 aromatic carbocycles. The number of esters is 1. The number of rotatable bonds is 6. The highest BCUT2D eigenvalue weighted by atomic mass is 16.6. The van der Waals surface area contributed by atoms with E-state index in [0.29, 0.717) is 23.5 Å². The SMILES string of the molecule is CC=Cc1oc2c(OCC(=O)OC)cccc2c1CCO. The van der Waals surface area contributed by atoms with Gasteiger partial charge in [-0.2, -0.15) is 0 Å². The third-order valence-corrected chi connectivity index (χ3v) is 3.07. The van der Waals surface area contributed by atoms with Gasteiger partial charge in [-0.3, -0.25) is 0 Å². The van der Waals surface area contributed by atoms with Crippen LogP contribution in [0.4, 0.5) is 0 Å². The lowest BCUT2D eigenvalue weighted by Gasteiger charge is -2.04. The molecular formula is C16H18O5. The third kappa shape index (κ3) is 3.25. The molecule has 0 unspecified atom stereocenters. The average molecular weight is 290 g/mol. The summed E-state index contributed by atoms with van der Waals surface area (Å²) in [6.45, 7) is 1.75. The van der Waals surface area contributed by atoms with E-state index in [1.807, 2.05) is 31.2 Å². The van der Waals surface area contributed by atoms with Crippen LogP contribution in [0.5, 0.6) is 5.75 Å². The van der Waals surface area contributed by atoms with Crippen LogP contribution in [0, 0.1) is 0 Å². The van der Waals surface area contributed by atoms with Gasteiger partial charge >= 0.3 is 5.97 Å². The van der Waals surface area contributed by atoms with E-state index in [9.17, 15) is 9.90 Å². The number of hydrogen-bond donors (Lipinski definition) is 1. The fraction of sp³-hybridized carbons (Fsp3) is 0.312. The summed E-state index contributed by atoms with van der Waals surface area (Å²) in [5.74, 6) is 0.714. The van der Waals surface area contributed by atoms with Crippen LogP contribution >= 0.6 is 0 Å². The maximum absolute atomic E-state index is 11.2. The lowest BCUT2D eigenvalue weighted by atomic mass is 10.1. The number of aliphatic hydroxyl groups is 1. The average Bonchev–Trinajstić information content (AvgIpc) is 2.84. The van der Waals surface area contributed by atoms with E-state index in [1.54, 1.807) is 6.07 Å². The van der Waals surface area contributed by atoms with E-state index in [-0.39, 0.29) is 13.2 Å². The van der Waals surface area contributed by atoms with Crippen molar-refractivity contribution in [2.75, 3.05) is 20.3 Å². The zero-order valence-corrected chi connectivity index (χ0v) is 12.1. The number of benzene rings is 1. The molecular weight excluding hydrogens is 272 g/mol. The van der Waals surface area contributed by atoms with Gasteiger partial charge in [-0.1, -0.05) is 18.2 Å². The molecule has 0 amide bonds. The molecule has 1 N–H and O–H groups in total. The van der Waals surface area contributed by atoms with E-state index >= 15 is 0 Å². The Kier molecular flexibility index (Phi) is 5.00. The van der Waals surface area contributed by atoms with Crippen LogP contribution in [0.15, 0.2) is 28.7 Å². The summed E-state index contributed by atoms with van der Waals surface area (Å²) in [5, 5.41) is 10.1. The quantitative estimate of drug-likeness (QED) is 0.828. The van der Waals surface area contributed by atoms with Crippen LogP contribution in [-0.2, 0) is 16.0 Å². The molecule has 0 saturated heterocycles. The molecule has 0 aliphatic heterocycles. The normalized spacial score (nSPS) is 11.2. The summed E-state index contributed by atoms with van der Waals surface area (Å²) >= 11 is 0. The van der Waals surface area contributed by atoms with Gasteiger partial charge in [-0.15, -0.1) is 0 Å². The first-order chi connectivity index (χ1) is 10.2. The molecule has 0 aliphatic carbocycles. The number of para-hydroxylation sites is 1. The van der Waals surface area contributed by atoms with Crippen molar-refractivity contribution in [3.05, 3.63) is 35.6 Å².